The second-order valence-electron chi connectivity index (χ2n) is 21.0. The highest BCUT2D eigenvalue weighted by Crippen LogP contribution is 2.64. The molecule has 4 aliphatic heterocycles. The summed E-state index contributed by atoms with van der Waals surface area (Å²) in [5.41, 5.74) is 16.7. The Morgan fingerprint density at radius 2 is 1.83 bits per heavy atom. The van der Waals surface area contributed by atoms with Crippen LogP contribution in [0.2, 0.25) is 0 Å². The fourth-order valence-corrected chi connectivity index (χ4v) is 16.2. The molecule has 1 spiro atoms. The Morgan fingerprint density at radius 3 is 2.69 bits per heavy atom. The van der Waals surface area contributed by atoms with Crippen LogP contribution in [0, 0.1) is 23.7 Å². The van der Waals surface area contributed by atoms with E-state index in [9.17, 15) is 15.0 Å². The van der Waals surface area contributed by atoms with Gasteiger partial charge in [0.1, 0.15) is 47.6 Å². The maximum absolute atomic E-state index is 12.9. The average Bonchev–Trinajstić information content (AvgIpc) is 3.89. The molecule has 0 unspecified atom stereocenters. The molecule has 3 aliphatic carbocycles. The van der Waals surface area contributed by atoms with Gasteiger partial charge in [-0.15, -0.1) is 0 Å². The Labute approximate surface area is 424 Å². The highest BCUT2D eigenvalue weighted by atomic mass is 33.1. The number of hydrogen-bond acceptors (Lipinski definition) is 12. The summed E-state index contributed by atoms with van der Waals surface area (Å²) >= 11 is 0. The van der Waals surface area contributed by atoms with Crippen molar-refractivity contribution in [2.24, 2.45) is 11.8 Å². The third kappa shape index (κ3) is 8.59. The molecule has 2 saturated carbocycles. The fourth-order valence-electron chi connectivity index (χ4n) is 13.6. The Balaban J connectivity index is 1.08. The van der Waals surface area contributed by atoms with E-state index in [2.05, 4.69) is 77.8 Å². The number of methoxy groups -OCH3 is 1. The number of carbonyl (C=O) groups excluding carboxylic acids is 1. The topological polar surface area (TPSA) is 145 Å². The monoisotopic (exact) mass is 987 g/mol. The van der Waals surface area contributed by atoms with Crippen molar-refractivity contribution in [2.75, 3.05) is 31.0 Å². The number of carbonyl (C=O) groups is 1. The van der Waals surface area contributed by atoms with E-state index in [1.807, 2.05) is 39.8 Å². The number of fused-ring (bicyclic) bond motifs is 12. The Bertz CT molecular complexity index is 3000. The number of benzene rings is 4. The number of esters is 1. The SMILES string of the molecule is COc1cc(O)cc2c1-c1ccc3c4c1[C@@]1(CC[C@@H](C1)[C@H](CCc1ccccc1)c1ccc(N)nc1C#CCc1cc(O)c5c(c1[C@@H](O4)[C@H]3COC(C)=O)C=C[C@@H]1N[C@H]3CCC[C@H](CSSC[C@@H]1O5)C3)C2. The normalized spacial score (nSPS) is 27.7. The van der Waals surface area contributed by atoms with Crippen molar-refractivity contribution < 1.29 is 34.0 Å². The molecule has 10 nitrogen and oxygen atoms in total. The Morgan fingerprint density at radius 1 is 0.972 bits per heavy atom. The van der Waals surface area contributed by atoms with Gasteiger partial charge in [0.15, 0.2) is 11.5 Å². The van der Waals surface area contributed by atoms with Crippen LogP contribution in [0.15, 0.2) is 78.9 Å². The van der Waals surface area contributed by atoms with Crippen molar-refractivity contribution in [2.45, 2.75) is 119 Å². The predicted octanol–water partition coefficient (Wildman–Crippen LogP) is 11.1. The van der Waals surface area contributed by atoms with Crippen molar-refractivity contribution in [1.29, 1.82) is 0 Å². The molecule has 71 heavy (non-hydrogen) atoms. The van der Waals surface area contributed by atoms with E-state index in [1.165, 1.54) is 25.3 Å². The lowest BCUT2D eigenvalue weighted by Crippen LogP contribution is -2.49. The Hall–Kier alpha value is -5.74. The summed E-state index contributed by atoms with van der Waals surface area (Å²) in [4.78, 5) is 17.8. The molecule has 12 rings (SSSR count). The molecular weight excluding hydrogens is 927 g/mol. The van der Waals surface area contributed by atoms with Crippen molar-refractivity contribution >= 4 is 39.5 Å². The molecule has 0 amide bonds. The number of nitrogen functional groups attached to an aromatic ring is 1. The van der Waals surface area contributed by atoms with Crippen LogP contribution >= 0.6 is 21.6 Å². The molecule has 12 heteroatoms. The van der Waals surface area contributed by atoms with Crippen LogP contribution in [0.25, 0.3) is 17.2 Å². The number of anilines is 1. The zero-order chi connectivity index (χ0) is 48.4. The van der Waals surface area contributed by atoms with Crippen molar-refractivity contribution in [3.05, 3.63) is 129 Å². The van der Waals surface area contributed by atoms with Crippen LogP contribution < -0.4 is 25.3 Å². The van der Waals surface area contributed by atoms with Gasteiger partial charge in [-0.2, -0.15) is 0 Å². The first kappa shape index (κ1) is 46.3. The lowest BCUT2D eigenvalue weighted by Gasteiger charge is -2.39. The number of nitrogens with two attached hydrogens (primary N) is 1. The molecule has 6 bridgehead atoms. The van der Waals surface area contributed by atoms with Gasteiger partial charge in [-0.3, -0.25) is 4.79 Å². The first-order valence-corrected chi connectivity index (χ1v) is 28.0. The molecule has 1 aromatic heterocycles. The summed E-state index contributed by atoms with van der Waals surface area (Å²) in [6.07, 6.45) is 13.7. The summed E-state index contributed by atoms with van der Waals surface area (Å²) < 4.78 is 26.9. The number of aryl methyl sites for hydroxylation is 1. The van der Waals surface area contributed by atoms with Gasteiger partial charge in [0, 0.05) is 70.2 Å². The first-order valence-electron chi connectivity index (χ1n) is 25.5. The van der Waals surface area contributed by atoms with Gasteiger partial charge >= 0.3 is 5.97 Å². The highest BCUT2D eigenvalue weighted by Gasteiger charge is 2.52. The van der Waals surface area contributed by atoms with Crippen LogP contribution in [0.5, 0.6) is 28.7 Å². The van der Waals surface area contributed by atoms with Gasteiger partial charge in [-0.1, -0.05) is 94.6 Å². The third-order valence-corrected chi connectivity index (χ3v) is 19.3. The minimum atomic E-state index is -0.647. The van der Waals surface area contributed by atoms with E-state index in [4.69, 9.17) is 29.7 Å². The first-order chi connectivity index (χ1) is 34.6. The zero-order valence-electron chi connectivity index (χ0n) is 40.4. The van der Waals surface area contributed by atoms with Gasteiger partial charge in [0.25, 0.3) is 0 Å². The average molecular weight is 988 g/mol. The lowest BCUT2D eigenvalue weighted by molar-refractivity contribution is -0.141. The van der Waals surface area contributed by atoms with E-state index < -0.39 is 17.4 Å². The summed E-state index contributed by atoms with van der Waals surface area (Å²) in [6, 6.07) is 24.8. The number of hydrogen-bond donors (Lipinski definition) is 4. The van der Waals surface area contributed by atoms with Crippen LogP contribution in [0.4, 0.5) is 5.82 Å². The van der Waals surface area contributed by atoms with Gasteiger partial charge in [0.2, 0.25) is 0 Å². The number of phenols is 2. The maximum atomic E-state index is 12.9. The summed E-state index contributed by atoms with van der Waals surface area (Å²) in [6.45, 7) is 1.54. The molecule has 1 saturated heterocycles. The minimum absolute atomic E-state index is 0.0487. The van der Waals surface area contributed by atoms with E-state index in [1.54, 1.807) is 13.2 Å². The highest BCUT2D eigenvalue weighted by molar-refractivity contribution is 8.76. The molecule has 3 fully saturated rings. The fraction of sp³-hybridized carbons (Fsp3) is 0.424. The molecule has 7 aliphatic rings. The summed E-state index contributed by atoms with van der Waals surface area (Å²) in [7, 11) is 5.45. The number of pyridine rings is 1. The summed E-state index contributed by atoms with van der Waals surface area (Å²) in [5, 5.41) is 27.5. The number of phenolic OH excluding ortho intramolecular Hbond substituents is 2. The van der Waals surface area contributed by atoms with Gasteiger partial charge in [-0.05, 0) is 127 Å². The van der Waals surface area contributed by atoms with E-state index in [0.717, 1.165) is 112 Å². The van der Waals surface area contributed by atoms with Crippen molar-refractivity contribution in [3.8, 4) is 51.7 Å². The molecule has 4 aromatic carbocycles. The van der Waals surface area contributed by atoms with Crippen LogP contribution in [-0.4, -0.2) is 64.6 Å². The van der Waals surface area contributed by atoms with Crippen LogP contribution in [0.3, 0.4) is 0 Å². The second kappa shape index (κ2) is 19.0. The van der Waals surface area contributed by atoms with Gasteiger partial charge in [-0.25, -0.2) is 4.98 Å². The number of nitrogens with zero attached hydrogens (tertiary/aromatic N) is 1. The van der Waals surface area contributed by atoms with E-state index in [-0.39, 0.29) is 54.5 Å². The molecule has 5 aromatic rings. The third-order valence-electron chi connectivity index (χ3n) is 16.7. The molecule has 5 N–H and O–H groups in total. The standard InChI is InChI=1S/C59H61N3O7S2/c1-33(63)67-30-46-43-16-17-44-53-38(25-40(64)27-50(53)66-2)29-59-23-22-37(28-59)41(15-14-34-8-4-3-5-9-34)42-19-21-52(60)62-47(42)13-7-11-36-26-49(65)56-45(54(36)57(46)69-58(43)55(44)59)18-20-48-51(68-56)32-71-70-31-35-10-6-12-39(24-35)61-48/h3-5,8-9,16-21,25-27,35,37,39,41,46,48,51,57,61,64-65H,6,10-12,14-15,22-24,28-32H2,1-2H3,(H2,60,62)/t35-,37-,39-,41-,46-,48-,51-,57-,59+/m0/s1. The minimum Gasteiger partial charge on any atom is -0.508 e. The lowest BCUT2D eigenvalue weighted by atomic mass is 9.64. The van der Waals surface area contributed by atoms with Crippen LogP contribution in [0.1, 0.15) is 126 Å². The molecule has 366 valence electrons. The van der Waals surface area contributed by atoms with E-state index in [0.29, 0.717) is 41.4 Å². The number of rotatable bonds is 6. The number of ether oxygens (including phenoxy) is 4. The van der Waals surface area contributed by atoms with Crippen molar-refractivity contribution in [3.63, 3.8) is 0 Å². The molecule has 0 radical (unpaired) electrons. The molecule has 5 heterocycles. The van der Waals surface area contributed by atoms with Crippen LogP contribution in [-0.2, 0) is 34.2 Å². The van der Waals surface area contributed by atoms with E-state index >= 15 is 0 Å². The zero-order valence-corrected chi connectivity index (χ0v) is 42.0. The van der Waals surface area contributed by atoms with Gasteiger partial charge in [0.05, 0.1) is 19.1 Å². The number of aromatic hydroxyl groups is 2. The number of aromatic nitrogens is 1. The predicted molar refractivity (Wildman–Crippen MR) is 281 cm³/mol. The molecular formula is C59H61N3O7S2. The quantitative estimate of drug-likeness (QED) is 0.0730. The smallest absolute Gasteiger partial charge is 0.302 e. The Kier molecular flexibility index (Phi) is 12.4. The maximum Gasteiger partial charge on any atom is 0.302 e. The largest absolute Gasteiger partial charge is 0.508 e. The summed E-state index contributed by atoms with van der Waals surface area (Å²) in [5.74, 6) is 11.7. The second-order valence-corrected chi connectivity index (χ2v) is 23.5. The van der Waals surface area contributed by atoms with Crippen molar-refractivity contribution in [1.82, 2.24) is 10.3 Å². The number of nitrogens with one attached hydrogen (secondary N) is 1. The van der Waals surface area contributed by atoms with Gasteiger partial charge < -0.3 is 40.2 Å². The molecule has 9 atom stereocenters.